The normalized spacial score (nSPS) is 14.2. The highest BCUT2D eigenvalue weighted by Crippen LogP contribution is 2.30. The summed E-state index contributed by atoms with van der Waals surface area (Å²) in [6, 6.07) is 13.3. The lowest BCUT2D eigenvalue weighted by atomic mass is 9.89. The average molecular weight is 430 g/mol. The SMILES string of the molecule is CNC(=O)C(=N)/C(C)=C(\N)c1cc(C(=O)N2CC(c3ccc(C#N)cc3)C2)c(C)cc1C. The summed E-state index contributed by atoms with van der Waals surface area (Å²) in [7, 11) is 1.46. The van der Waals surface area contributed by atoms with E-state index in [4.69, 9.17) is 16.4 Å². The molecule has 2 amide bonds. The third-order valence-electron chi connectivity index (χ3n) is 6.01. The molecule has 4 N–H and O–H groups in total. The van der Waals surface area contributed by atoms with Crippen LogP contribution in [0.3, 0.4) is 0 Å². The van der Waals surface area contributed by atoms with Crippen LogP contribution in [0.4, 0.5) is 0 Å². The predicted molar refractivity (Wildman–Crippen MR) is 124 cm³/mol. The highest BCUT2D eigenvalue weighted by atomic mass is 16.2. The van der Waals surface area contributed by atoms with Crippen LogP contribution in [-0.4, -0.2) is 42.6 Å². The quantitative estimate of drug-likeness (QED) is 0.632. The molecule has 1 heterocycles. The van der Waals surface area contributed by atoms with Crippen LogP contribution >= 0.6 is 0 Å². The molecule has 2 aromatic carbocycles. The fourth-order valence-corrected chi connectivity index (χ4v) is 3.86. The van der Waals surface area contributed by atoms with Crippen molar-refractivity contribution in [2.75, 3.05) is 20.1 Å². The summed E-state index contributed by atoms with van der Waals surface area (Å²) in [5, 5.41) is 19.4. The summed E-state index contributed by atoms with van der Waals surface area (Å²) >= 11 is 0. The molecule has 164 valence electrons. The number of nitriles is 1. The van der Waals surface area contributed by atoms with Crippen molar-refractivity contribution in [3.63, 3.8) is 0 Å². The van der Waals surface area contributed by atoms with Crippen LogP contribution in [0.1, 0.15) is 51.0 Å². The number of nitrogens with two attached hydrogens (primary N) is 1. The maximum absolute atomic E-state index is 13.2. The summed E-state index contributed by atoms with van der Waals surface area (Å²) in [6.07, 6.45) is 0. The number of carbonyl (C=O) groups is 2. The Hall–Kier alpha value is -3.92. The van der Waals surface area contributed by atoms with Gasteiger partial charge in [-0.25, -0.2) is 0 Å². The maximum Gasteiger partial charge on any atom is 0.269 e. The molecule has 0 bridgehead atoms. The molecular weight excluding hydrogens is 402 g/mol. The predicted octanol–water partition coefficient (Wildman–Crippen LogP) is 2.87. The first-order valence-corrected chi connectivity index (χ1v) is 10.4. The summed E-state index contributed by atoms with van der Waals surface area (Å²) < 4.78 is 0. The summed E-state index contributed by atoms with van der Waals surface area (Å²) in [5.41, 5.74) is 11.4. The van der Waals surface area contributed by atoms with Gasteiger partial charge in [0.1, 0.15) is 5.71 Å². The zero-order valence-corrected chi connectivity index (χ0v) is 18.7. The van der Waals surface area contributed by atoms with E-state index < -0.39 is 5.91 Å². The largest absolute Gasteiger partial charge is 0.398 e. The van der Waals surface area contributed by atoms with Crippen molar-refractivity contribution in [3.05, 3.63) is 75.4 Å². The Bertz CT molecular complexity index is 1170. The molecule has 0 radical (unpaired) electrons. The number of nitrogens with zero attached hydrogens (tertiary/aromatic N) is 2. The van der Waals surface area contributed by atoms with Crippen LogP contribution in [0.25, 0.3) is 5.70 Å². The van der Waals surface area contributed by atoms with E-state index in [9.17, 15) is 9.59 Å². The molecule has 0 spiro atoms. The second-order valence-electron chi connectivity index (χ2n) is 8.12. The van der Waals surface area contributed by atoms with E-state index in [-0.39, 0.29) is 17.5 Å². The van der Waals surface area contributed by atoms with Crippen LogP contribution < -0.4 is 11.1 Å². The molecule has 1 aliphatic rings. The summed E-state index contributed by atoms with van der Waals surface area (Å²) in [4.78, 5) is 26.8. The second kappa shape index (κ2) is 9.06. The molecule has 32 heavy (non-hydrogen) atoms. The highest BCUT2D eigenvalue weighted by Gasteiger charge is 2.33. The zero-order chi connectivity index (χ0) is 23.6. The lowest BCUT2D eigenvalue weighted by Gasteiger charge is -2.40. The number of rotatable bonds is 5. The van der Waals surface area contributed by atoms with Crippen LogP contribution in [0, 0.1) is 30.6 Å². The van der Waals surface area contributed by atoms with Crippen LogP contribution in [0.15, 0.2) is 42.0 Å². The monoisotopic (exact) mass is 429 g/mol. The Balaban J connectivity index is 1.83. The minimum Gasteiger partial charge on any atom is -0.398 e. The molecule has 0 atom stereocenters. The standard InChI is InChI=1S/C25H27N5O2/c1-14-9-15(2)21(10-20(14)22(27)16(3)23(28)24(31)29-4)25(32)30-12-19(13-30)18-7-5-17(11-26)6-8-18/h5-10,19,28H,12-13,27H2,1-4H3,(H,29,31)/b22-16-,28-23?. The smallest absolute Gasteiger partial charge is 0.269 e. The number of likely N-dealkylation sites (tertiary alicyclic amines) is 1. The van der Waals surface area contributed by atoms with Gasteiger partial charge in [-0.1, -0.05) is 18.2 Å². The molecule has 0 aliphatic carbocycles. The first kappa shape index (κ1) is 22.8. The number of aryl methyl sites for hydroxylation is 2. The summed E-state index contributed by atoms with van der Waals surface area (Å²) in [6.45, 7) is 6.63. The van der Waals surface area contributed by atoms with Crippen molar-refractivity contribution in [1.29, 1.82) is 10.7 Å². The summed E-state index contributed by atoms with van der Waals surface area (Å²) in [5.74, 6) is -0.335. The lowest BCUT2D eigenvalue weighted by molar-refractivity contribution is -0.114. The molecule has 1 aliphatic heterocycles. The van der Waals surface area contributed by atoms with Crippen molar-refractivity contribution in [2.45, 2.75) is 26.7 Å². The Morgan fingerprint density at radius 3 is 2.28 bits per heavy atom. The highest BCUT2D eigenvalue weighted by molar-refractivity contribution is 6.45. The molecule has 0 saturated carbocycles. The molecule has 7 heteroatoms. The minimum absolute atomic E-state index is 0.0690. The number of hydrogen-bond acceptors (Lipinski definition) is 5. The molecule has 1 fully saturated rings. The second-order valence-corrected chi connectivity index (χ2v) is 8.12. The van der Waals surface area contributed by atoms with Crippen molar-refractivity contribution in [3.8, 4) is 6.07 Å². The lowest BCUT2D eigenvalue weighted by Crippen LogP contribution is -2.48. The fraction of sp³-hybridized carbons (Fsp3) is 0.280. The van der Waals surface area contributed by atoms with Gasteiger partial charge >= 0.3 is 0 Å². The van der Waals surface area contributed by atoms with Crippen molar-refractivity contribution in [2.24, 2.45) is 5.73 Å². The van der Waals surface area contributed by atoms with E-state index in [1.54, 1.807) is 30.0 Å². The van der Waals surface area contributed by atoms with Gasteiger partial charge in [0.15, 0.2) is 0 Å². The molecule has 1 saturated heterocycles. The van der Waals surface area contributed by atoms with Crippen LogP contribution in [-0.2, 0) is 4.79 Å². The van der Waals surface area contributed by atoms with Gasteiger partial charge in [-0.2, -0.15) is 5.26 Å². The minimum atomic E-state index is -0.513. The van der Waals surface area contributed by atoms with Gasteiger partial charge in [0.2, 0.25) is 0 Å². The van der Waals surface area contributed by atoms with Gasteiger partial charge in [-0.15, -0.1) is 0 Å². The molecule has 0 unspecified atom stereocenters. The number of hydrogen-bond donors (Lipinski definition) is 3. The van der Waals surface area contributed by atoms with Crippen LogP contribution in [0.2, 0.25) is 0 Å². The van der Waals surface area contributed by atoms with Gasteiger partial charge in [-0.05, 0) is 55.7 Å². The third kappa shape index (κ3) is 4.26. The van der Waals surface area contributed by atoms with Gasteiger partial charge in [0.25, 0.3) is 11.8 Å². The van der Waals surface area contributed by atoms with Crippen LogP contribution in [0.5, 0.6) is 0 Å². The Morgan fingerprint density at radius 1 is 1.12 bits per heavy atom. The van der Waals surface area contributed by atoms with Crippen molar-refractivity contribution >= 4 is 23.2 Å². The number of carbonyl (C=O) groups excluding carboxylic acids is 2. The third-order valence-corrected chi connectivity index (χ3v) is 6.01. The van der Waals surface area contributed by atoms with E-state index in [0.29, 0.717) is 41.1 Å². The molecular formula is C25H27N5O2. The van der Waals surface area contributed by atoms with Gasteiger partial charge in [0.05, 0.1) is 11.6 Å². The van der Waals surface area contributed by atoms with Gasteiger partial charge < -0.3 is 16.0 Å². The topological polar surface area (TPSA) is 123 Å². The van der Waals surface area contributed by atoms with E-state index in [1.165, 1.54) is 7.05 Å². The first-order chi connectivity index (χ1) is 15.2. The molecule has 3 rings (SSSR count). The van der Waals surface area contributed by atoms with E-state index >= 15 is 0 Å². The number of nitrogens with one attached hydrogen (secondary N) is 2. The van der Waals surface area contributed by atoms with E-state index in [0.717, 1.165) is 16.7 Å². The Kier molecular flexibility index (Phi) is 6.45. The zero-order valence-electron chi connectivity index (χ0n) is 18.7. The molecule has 2 aromatic rings. The number of benzene rings is 2. The maximum atomic E-state index is 13.2. The Labute approximate surface area is 188 Å². The van der Waals surface area contributed by atoms with Gasteiger partial charge in [-0.3, -0.25) is 15.0 Å². The van der Waals surface area contributed by atoms with E-state index in [1.807, 2.05) is 32.0 Å². The molecule has 0 aromatic heterocycles. The Morgan fingerprint density at radius 2 is 1.72 bits per heavy atom. The molecule has 7 nitrogen and oxygen atoms in total. The first-order valence-electron chi connectivity index (χ1n) is 10.4. The van der Waals surface area contributed by atoms with Crippen molar-refractivity contribution in [1.82, 2.24) is 10.2 Å². The fourth-order valence-electron chi connectivity index (χ4n) is 3.86. The average Bonchev–Trinajstić information content (AvgIpc) is 2.76. The van der Waals surface area contributed by atoms with Gasteiger partial charge in [0, 0.05) is 48.5 Å². The van der Waals surface area contributed by atoms with E-state index in [2.05, 4.69) is 11.4 Å². The number of amides is 2. The van der Waals surface area contributed by atoms with Crippen molar-refractivity contribution < 1.29 is 9.59 Å².